The molecule has 0 bridgehead atoms. The van der Waals surface area contributed by atoms with Crippen molar-refractivity contribution in [2.45, 2.75) is 34.1 Å². The molecular formula is C21H24N4O3. The van der Waals surface area contributed by atoms with Gasteiger partial charge in [0.25, 0.3) is 11.4 Å². The standard InChI is InChI=1S/C21H24N4O3/c1-5-16-13-24(12-11-14(16)3)19-20(28-6-2)23-25(21(19)27)18-9-7-17(8-10-18)22-15(4)26/h7-13H,5-6H2,1-4H3,(H,22,26). The fourth-order valence-electron chi connectivity index (χ4n) is 3.02. The van der Waals surface area contributed by atoms with Crippen LogP contribution in [0.15, 0.2) is 47.5 Å². The Morgan fingerprint density at radius 2 is 1.96 bits per heavy atom. The molecule has 0 unspecified atom stereocenters. The average Bonchev–Trinajstić information content (AvgIpc) is 2.99. The average molecular weight is 380 g/mol. The first-order valence-corrected chi connectivity index (χ1v) is 9.26. The molecule has 0 saturated heterocycles. The summed E-state index contributed by atoms with van der Waals surface area (Å²) in [5.74, 6) is 0.133. The minimum Gasteiger partial charge on any atom is -0.481 e. The zero-order valence-electron chi connectivity index (χ0n) is 16.5. The summed E-state index contributed by atoms with van der Waals surface area (Å²) < 4.78 is 8.73. The Morgan fingerprint density at radius 3 is 2.57 bits per heavy atom. The van der Waals surface area contributed by atoms with Gasteiger partial charge in [0, 0.05) is 12.6 Å². The molecule has 7 heteroatoms. The second kappa shape index (κ2) is 8.12. The third-order valence-corrected chi connectivity index (χ3v) is 4.43. The molecule has 0 radical (unpaired) electrons. The number of aryl methyl sites for hydroxylation is 2. The molecule has 0 aliphatic heterocycles. The highest BCUT2D eigenvalue weighted by Crippen LogP contribution is 2.17. The Balaban J connectivity index is 2.09. The predicted octanol–water partition coefficient (Wildman–Crippen LogP) is 2.46. The smallest absolute Gasteiger partial charge is 0.292 e. The highest BCUT2D eigenvalue weighted by Gasteiger charge is 2.21. The number of hydrogen-bond donors (Lipinski definition) is 1. The summed E-state index contributed by atoms with van der Waals surface area (Å²) in [6.07, 6.45) is 4.66. The van der Waals surface area contributed by atoms with Crippen molar-refractivity contribution in [2.75, 3.05) is 11.9 Å². The van der Waals surface area contributed by atoms with Crippen LogP contribution in [-0.4, -0.2) is 22.3 Å². The number of benzene rings is 1. The van der Waals surface area contributed by atoms with E-state index in [0.29, 0.717) is 23.7 Å². The minimum atomic E-state index is -0.272. The van der Waals surface area contributed by atoms with E-state index in [1.165, 1.54) is 17.2 Å². The van der Waals surface area contributed by atoms with Crippen molar-refractivity contribution in [3.8, 4) is 17.3 Å². The maximum Gasteiger partial charge on any atom is 0.292 e. The number of carbonyl (C=O) groups is 1. The van der Waals surface area contributed by atoms with Crippen LogP contribution in [0.2, 0.25) is 0 Å². The number of hydrogen-bond acceptors (Lipinski definition) is 4. The van der Waals surface area contributed by atoms with Crippen LogP contribution in [0.3, 0.4) is 0 Å². The molecule has 0 aliphatic rings. The molecule has 28 heavy (non-hydrogen) atoms. The first-order valence-electron chi connectivity index (χ1n) is 9.26. The molecule has 0 aliphatic carbocycles. The molecule has 0 spiro atoms. The van der Waals surface area contributed by atoms with Gasteiger partial charge in [-0.25, -0.2) is 0 Å². The number of ether oxygens (including phenoxy) is 1. The number of rotatable bonds is 6. The van der Waals surface area contributed by atoms with E-state index in [1.807, 2.05) is 32.3 Å². The molecule has 1 amide bonds. The van der Waals surface area contributed by atoms with Crippen LogP contribution in [0, 0.1) is 6.92 Å². The molecule has 2 aromatic heterocycles. The van der Waals surface area contributed by atoms with Gasteiger partial charge in [-0.2, -0.15) is 4.68 Å². The van der Waals surface area contributed by atoms with E-state index in [2.05, 4.69) is 17.3 Å². The van der Waals surface area contributed by atoms with Crippen LogP contribution in [-0.2, 0) is 11.2 Å². The van der Waals surface area contributed by atoms with Crippen molar-refractivity contribution in [2.24, 2.45) is 0 Å². The Hall–Kier alpha value is -3.35. The highest BCUT2D eigenvalue weighted by molar-refractivity contribution is 5.88. The lowest BCUT2D eigenvalue weighted by molar-refractivity contribution is -0.597. The van der Waals surface area contributed by atoms with Crippen LogP contribution in [0.4, 0.5) is 5.69 Å². The van der Waals surface area contributed by atoms with Gasteiger partial charge in [0.05, 0.1) is 24.7 Å². The predicted molar refractivity (Wildman–Crippen MR) is 107 cm³/mol. The van der Waals surface area contributed by atoms with Gasteiger partial charge < -0.3 is 14.6 Å². The minimum absolute atomic E-state index is 0.153. The van der Waals surface area contributed by atoms with E-state index in [0.717, 1.165) is 12.0 Å². The van der Waals surface area contributed by atoms with E-state index in [1.54, 1.807) is 28.8 Å². The Labute approximate surface area is 163 Å². The molecule has 146 valence electrons. The SMILES string of the molecule is CCOc1nn(-c2ccc(NC(C)=O)cc2)c(=O)[c-]1-[n+]1ccc(C)c(CC)c1. The van der Waals surface area contributed by atoms with Gasteiger partial charge in [0.15, 0.2) is 0 Å². The van der Waals surface area contributed by atoms with E-state index in [9.17, 15) is 9.59 Å². The van der Waals surface area contributed by atoms with E-state index in [-0.39, 0.29) is 17.3 Å². The maximum absolute atomic E-state index is 13.1. The van der Waals surface area contributed by atoms with Gasteiger partial charge in [-0.3, -0.25) is 9.59 Å². The topological polar surface area (TPSA) is 77.1 Å². The fraction of sp³-hybridized carbons (Fsp3) is 0.286. The molecule has 7 nitrogen and oxygen atoms in total. The van der Waals surface area contributed by atoms with Crippen LogP contribution in [0.1, 0.15) is 31.9 Å². The Kier molecular flexibility index (Phi) is 5.63. The summed E-state index contributed by atoms with van der Waals surface area (Å²) >= 11 is 0. The monoisotopic (exact) mass is 380 g/mol. The van der Waals surface area contributed by atoms with Gasteiger partial charge in [0.1, 0.15) is 0 Å². The van der Waals surface area contributed by atoms with Crippen molar-refractivity contribution in [1.29, 1.82) is 0 Å². The fourth-order valence-corrected chi connectivity index (χ4v) is 3.02. The van der Waals surface area contributed by atoms with Crippen molar-refractivity contribution < 1.29 is 14.1 Å². The van der Waals surface area contributed by atoms with E-state index < -0.39 is 0 Å². The normalized spacial score (nSPS) is 10.7. The molecule has 1 N–H and O–H groups in total. The lowest BCUT2D eigenvalue weighted by Crippen LogP contribution is -2.37. The largest absolute Gasteiger partial charge is 0.481 e. The van der Waals surface area contributed by atoms with Crippen molar-refractivity contribution >= 4 is 11.6 Å². The number of nitrogens with zero attached hydrogens (tertiary/aromatic N) is 3. The molecule has 0 saturated carbocycles. The molecule has 2 heterocycles. The number of nitrogens with one attached hydrogen (secondary N) is 1. The zero-order valence-corrected chi connectivity index (χ0v) is 16.5. The van der Waals surface area contributed by atoms with Gasteiger partial charge >= 0.3 is 0 Å². The lowest BCUT2D eigenvalue weighted by atomic mass is 10.1. The zero-order chi connectivity index (χ0) is 20.3. The summed E-state index contributed by atoms with van der Waals surface area (Å²) in [7, 11) is 0. The van der Waals surface area contributed by atoms with Crippen LogP contribution < -0.4 is 20.2 Å². The first-order chi connectivity index (χ1) is 13.4. The number of carbonyl (C=O) groups excluding carboxylic acids is 1. The molecule has 3 aromatic rings. The molecule has 0 fully saturated rings. The Bertz CT molecular complexity index is 1050. The Morgan fingerprint density at radius 1 is 1.25 bits per heavy atom. The number of anilines is 1. The van der Waals surface area contributed by atoms with Crippen LogP contribution >= 0.6 is 0 Å². The third-order valence-electron chi connectivity index (χ3n) is 4.43. The van der Waals surface area contributed by atoms with E-state index in [4.69, 9.17) is 4.74 Å². The summed E-state index contributed by atoms with van der Waals surface area (Å²) in [6, 6.07) is 8.90. The number of amides is 1. The summed E-state index contributed by atoms with van der Waals surface area (Å²) in [6.45, 7) is 7.82. The van der Waals surface area contributed by atoms with Gasteiger partial charge in [-0.1, -0.05) is 18.6 Å². The summed E-state index contributed by atoms with van der Waals surface area (Å²) in [4.78, 5) is 24.3. The van der Waals surface area contributed by atoms with Gasteiger partial charge in [-0.15, -0.1) is 5.10 Å². The van der Waals surface area contributed by atoms with Crippen molar-refractivity contribution in [1.82, 2.24) is 9.78 Å². The molecule has 1 aromatic carbocycles. The highest BCUT2D eigenvalue weighted by atomic mass is 16.5. The summed E-state index contributed by atoms with van der Waals surface area (Å²) in [5.41, 5.74) is 3.67. The summed E-state index contributed by atoms with van der Waals surface area (Å²) in [5, 5.41) is 7.09. The second-order valence-electron chi connectivity index (χ2n) is 6.45. The number of aromatic nitrogens is 3. The van der Waals surface area contributed by atoms with Crippen molar-refractivity contribution in [3.63, 3.8) is 0 Å². The first kappa shape index (κ1) is 19.4. The van der Waals surface area contributed by atoms with E-state index >= 15 is 0 Å². The maximum atomic E-state index is 13.1. The lowest BCUT2D eigenvalue weighted by Gasteiger charge is -2.09. The molecule has 0 atom stereocenters. The molecular weight excluding hydrogens is 356 g/mol. The van der Waals surface area contributed by atoms with Gasteiger partial charge in [0.2, 0.25) is 11.6 Å². The second-order valence-corrected chi connectivity index (χ2v) is 6.45. The van der Waals surface area contributed by atoms with Gasteiger partial charge in [-0.05, 0) is 50.1 Å². The quantitative estimate of drug-likeness (QED) is 0.526. The van der Waals surface area contributed by atoms with Crippen LogP contribution in [0.5, 0.6) is 5.88 Å². The van der Waals surface area contributed by atoms with Crippen molar-refractivity contribution in [3.05, 3.63) is 64.2 Å². The molecule has 3 rings (SSSR count). The van der Waals surface area contributed by atoms with Crippen LogP contribution in [0.25, 0.3) is 11.4 Å². The third kappa shape index (κ3) is 3.83. The number of pyridine rings is 1.